The van der Waals surface area contributed by atoms with Crippen LogP contribution in [-0.2, 0) is 19.5 Å². The Kier molecular flexibility index (Phi) is 4.07. The summed E-state index contributed by atoms with van der Waals surface area (Å²) in [6.07, 6.45) is 4.46. The summed E-state index contributed by atoms with van der Waals surface area (Å²) in [5.74, 6) is 2.43. The molecule has 1 aromatic carbocycles. The molecule has 2 aliphatic heterocycles. The summed E-state index contributed by atoms with van der Waals surface area (Å²) >= 11 is 5.83. The fourth-order valence-corrected chi connectivity index (χ4v) is 3.93. The fraction of sp³-hybridized carbons (Fsp3) is 0.529. The standard InChI is InChI=1S/C17H20ClFN4/c18-14-6-5-12(15(19)9-14)10-22-7-1-3-13(11-22)17-21-20-16-4-2-8-23(16)17/h5-6,9,13H,1-4,7-8,10-11H2. The van der Waals surface area contributed by atoms with Crippen LogP contribution in [0.1, 0.15) is 42.4 Å². The number of aromatic nitrogens is 3. The molecule has 1 aromatic heterocycles. The van der Waals surface area contributed by atoms with Gasteiger partial charge in [-0.1, -0.05) is 17.7 Å². The molecule has 0 radical (unpaired) electrons. The van der Waals surface area contributed by atoms with Crippen molar-refractivity contribution < 1.29 is 4.39 Å². The van der Waals surface area contributed by atoms with E-state index in [1.54, 1.807) is 12.1 Å². The lowest BCUT2D eigenvalue weighted by Crippen LogP contribution is -2.35. The smallest absolute Gasteiger partial charge is 0.137 e. The number of piperidine rings is 1. The first-order valence-electron chi connectivity index (χ1n) is 8.29. The molecule has 4 rings (SSSR count). The maximum absolute atomic E-state index is 14.0. The third-order valence-electron chi connectivity index (χ3n) is 4.92. The van der Waals surface area contributed by atoms with E-state index in [-0.39, 0.29) is 5.82 Å². The molecule has 1 unspecified atom stereocenters. The zero-order valence-electron chi connectivity index (χ0n) is 13.0. The van der Waals surface area contributed by atoms with Gasteiger partial charge in [0.15, 0.2) is 0 Å². The number of nitrogens with zero attached hydrogens (tertiary/aromatic N) is 4. The van der Waals surface area contributed by atoms with Crippen LogP contribution in [0.25, 0.3) is 0 Å². The van der Waals surface area contributed by atoms with Crippen molar-refractivity contribution in [3.05, 3.63) is 46.3 Å². The molecule has 122 valence electrons. The van der Waals surface area contributed by atoms with E-state index in [0.717, 1.165) is 50.5 Å². The van der Waals surface area contributed by atoms with Gasteiger partial charge in [-0.3, -0.25) is 4.90 Å². The average Bonchev–Trinajstić information content (AvgIpc) is 3.13. The molecule has 0 bridgehead atoms. The van der Waals surface area contributed by atoms with E-state index in [0.29, 0.717) is 23.0 Å². The molecule has 6 heteroatoms. The van der Waals surface area contributed by atoms with Gasteiger partial charge in [-0.2, -0.15) is 0 Å². The highest BCUT2D eigenvalue weighted by atomic mass is 35.5. The Hall–Kier alpha value is -1.46. The second kappa shape index (κ2) is 6.21. The first-order chi connectivity index (χ1) is 11.2. The molecular formula is C17H20ClFN4. The zero-order valence-corrected chi connectivity index (χ0v) is 13.8. The summed E-state index contributed by atoms with van der Waals surface area (Å²) in [4.78, 5) is 2.32. The summed E-state index contributed by atoms with van der Waals surface area (Å²) in [7, 11) is 0. The van der Waals surface area contributed by atoms with E-state index >= 15 is 0 Å². The van der Waals surface area contributed by atoms with Crippen LogP contribution in [-0.4, -0.2) is 32.8 Å². The van der Waals surface area contributed by atoms with Crippen LogP contribution >= 0.6 is 11.6 Å². The zero-order chi connectivity index (χ0) is 15.8. The SMILES string of the molecule is Fc1cc(Cl)ccc1CN1CCCC(c2nnc3n2CCC3)C1. The number of aryl methyl sites for hydroxylation is 1. The highest BCUT2D eigenvalue weighted by Gasteiger charge is 2.28. The summed E-state index contributed by atoms with van der Waals surface area (Å²) < 4.78 is 16.3. The van der Waals surface area contributed by atoms with Gasteiger partial charge in [0.1, 0.15) is 17.5 Å². The number of halogens is 2. The Morgan fingerprint density at radius 3 is 3.00 bits per heavy atom. The van der Waals surface area contributed by atoms with Gasteiger partial charge in [0, 0.05) is 42.6 Å². The van der Waals surface area contributed by atoms with E-state index in [1.165, 1.54) is 12.5 Å². The van der Waals surface area contributed by atoms with Gasteiger partial charge in [0.25, 0.3) is 0 Å². The molecule has 0 aliphatic carbocycles. The van der Waals surface area contributed by atoms with E-state index in [1.807, 2.05) is 0 Å². The molecule has 0 spiro atoms. The minimum absolute atomic E-state index is 0.219. The molecule has 23 heavy (non-hydrogen) atoms. The van der Waals surface area contributed by atoms with Crippen LogP contribution in [0.5, 0.6) is 0 Å². The number of rotatable bonds is 3. The van der Waals surface area contributed by atoms with Gasteiger partial charge in [0.05, 0.1) is 0 Å². The van der Waals surface area contributed by atoms with E-state index in [2.05, 4.69) is 19.7 Å². The molecule has 1 fully saturated rings. The van der Waals surface area contributed by atoms with Crippen molar-refractivity contribution >= 4 is 11.6 Å². The van der Waals surface area contributed by atoms with Crippen LogP contribution in [0.3, 0.4) is 0 Å². The summed E-state index contributed by atoms with van der Waals surface area (Å²) in [6, 6.07) is 4.94. The molecule has 0 amide bonds. The highest BCUT2D eigenvalue weighted by molar-refractivity contribution is 6.30. The first kappa shape index (κ1) is 15.1. The second-order valence-electron chi connectivity index (χ2n) is 6.54. The Morgan fingerprint density at radius 1 is 1.22 bits per heavy atom. The molecule has 4 nitrogen and oxygen atoms in total. The predicted octanol–water partition coefficient (Wildman–Crippen LogP) is 3.40. The van der Waals surface area contributed by atoms with Gasteiger partial charge in [0.2, 0.25) is 0 Å². The monoisotopic (exact) mass is 334 g/mol. The van der Waals surface area contributed by atoms with Gasteiger partial charge in [-0.05, 0) is 37.9 Å². The Balaban J connectivity index is 1.48. The Bertz CT molecular complexity index is 715. The minimum Gasteiger partial charge on any atom is -0.315 e. The number of fused-ring (bicyclic) bond motifs is 1. The van der Waals surface area contributed by atoms with Crippen LogP contribution in [0.15, 0.2) is 18.2 Å². The first-order valence-corrected chi connectivity index (χ1v) is 8.67. The van der Waals surface area contributed by atoms with Crippen molar-refractivity contribution in [1.29, 1.82) is 0 Å². The number of hydrogen-bond acceptors (Lipinski definition) is 3. The van der Waals surface area contributed by atoms with Crippen LogP contribution in [0.2, 0.25) is 5.02 Å². The maximum Gasteiger partial charge on any atom is 0.137 e. The molecule has 2 aliphatic rings. The van der Waals surface area contributed by atoms with Crippen molar-refractivity contribution in [2.75, 3.05) is 13.1 Å². The van der Waals surface area contributed by atoms with E-state index in [9.17, 15) is 4.39 Å². The van der Waals surface area contributed by atoms with Crippen LogP contribution in [0, 0.1) is 5.82 Å². The highest BCUT2D eigenvalue weighted by Crippen LogP contribution is 2.29. The number of hydrogen-bond donors (Lipinski definition) is 0. The average molecular weight is 335 g/mol. The lowest BCUT2D eigenvalue weighted by Gasteiger charge is -2.32. The Labute approximate surface area is 140 Å². The van der Waals surface area contributed by atoms with Crippen LogP contribution in [0.4, 0.5) is 4.39 Å². The quantitative estimate of drug-likeness (QED) is 0.862. The van der Waals surface area contributed by atoms with Gasteiger partial charge in [-0.15, -0.1) is 10.2 Å². The van der Waals surface area contributed by atoms with Crippen molar-refractivity contribution in [1.82, 2.24) is 19.7 Å². The minimum atomic E-state index is -0.219. The topological polar surface area (TPSA) is 34.0 Å². The lowest BCUT2D eigenvalue weighted by molar-refractivity contribution is 0.192. The molecule has 0 saturated carbocycles. The molecule has 2 aromatic rings. The van der Waals surface area contributed by atoms with Crippen molar-refractivity contribution in [2.24, 2.45) is 0 Å². The third-order valence-corrected chi connectivity index (χ3v) is 5.15. The molecule has 0 N–H and O–H groups in total. The fourth-order valence-electron chi connectivity index (χ4n) is 3.78. The Morgan fingerprint density at radius 2 is 2.13 bits per heavy atom. The summed E-state index contributed by atoms with van der Waals surface area (Å²) in [5, 5.41) is 9.20. The van der Waals surface area contributed by atoms with Crippen LogP contribution < -0.4 is 0 Å². The van der Waals surface area contributed by atoms with E-state index < -0.39 is 0 Å². The van der Waals surface area contributed by atoms with E-state index in [4.69, 9.17) is 11.6 Å². The normalized spacial score (nSPS) is 21.6. The van der Waals surface area contributed by atoms with Gasteiger partial charge in [-0.25, -0.2) is 4.39 Å². The molecule has 1 atom stereocenters. The summed E-state index contributed by atoms with van der Waals surface area (Å²) in [6.45, 7) is 3.58. The van der Waals surface area contributed by atoms with Crippen molar-refractivity contribution in [3.63, 3.8) is 0 Å². The predicted molar refractivity (Wildman–Crippen MR) is 87.0 cm³/mol. The number of likely N-dealkylation sites (tertiary alicyclic amines) is 1. The lowest BCUT2D eigenvalue weighted by atomic mass is 9.96. The van der Waals surface area contributed by atoms with Crippen molar-refractivity contribution in [3.8, 4) is 0 Å². The van der Waals surface area contributed by atoms with Gasteiger partial charge >= 0.3 is 0 Å². The van der Waals surface area contributed by atoms with Crippen molar-refractivity contribution in [2.45, 2.75) is 44.7 Å². The second-order valence-corrected chi connectivity index (χ2v) is 6.98. The largest absolute Gasteiger partial charge is 0.315 e. The molecule has 1 saturated heterocycles. The third kappa shape index (κ3) is 3.00. The number of benzene rings is 1. The summed E-state index contributed by atoms with van der Waals surface area (Å²) in [5.41, 5.74) is 0.710. The van der Waals surface area contributed by atoms with Gasteiger partial charge < -0.3 is 4.57 Å². The molecular weight excluding hydrogens is 315 g/mol. The molecule has 3 heterocycles. The maximum atomic E-state index is 14.0.